The Morgan fingerprint density at radius 1 is 0.967 bits per heavy atom. The number of benzene rings is 3. The van der Waals surface area contributed by atoms with Gasteiger partial charge in [0.1, 0.15) is 6.54 Å². The summed E-state index contributed by atoms with van der Waals surface area (Å²) in [5.41, 5.74) is 0.851. The number of carbonyl (C=O) groups is 1. The molecule has 0 saturated heterocycles. The van der Waals surface area contributed by atoms with Crippen molar-refractivity contribution in [1.29, 1.82) is 0 Å². The number of nitrogens with one attached hydrogen (secondary N) is 1. The Balaban J connectivity index is 1.62. The van der Waals surface area contributed by atoms with E-state index >= 15 is 0 Å². The molecule has 30 heavy (non-hydrogen) atoms. The maximum atomic E-state index is 13.3. The summed E-state index contributed by atoms with van der Waals surface area (Å²) in [5, 5.41) is 2.72. The zero-order valence-electron chi connectivity index (χ0n) is 15.6. The molecule has 7 nitrogen and oxygen atoms in total. The molecule has 3 aromatic carbocycles. The Bertz CT molecular complexity index is 1190. The van der Waals surface area contributed by atoms with Gasteiger partial charge in [0.15, 0.2) is 11.5 Å². The molecule has 1 heterocycles. The zero-order valence-corrected chi connectivity index (χ0v) is 18.0. The lowest BCUT2D eigenvalue weighted by Crippen LogP contribution is -2.38. The van der Waals surface area contributed by atoms with Gasteiger partial charge in [-0.3, -0.25) is 9.10 Å². The van der Waals surface area contributed by atoms with E-state index in [0.717, 1.165) is 4.31 Å². The van der Waals surface area contributed by atoms with Crippen molar-refractivity contribution < 1.29 is 22.7 Å². The quantitative estimate of drug-likeness (QED) is 0.566. The number of rotatable bonds is 6. The van der Waals surface area contributed by atoms with Crippen LogP contribution < -0.4 is 19.1 Å². The van der Waals surface area contributed by atoms with Crippen molar-refractivity contribution in [3.05, 3.63) is 77.3 Å². The predicted octanol–water partition coefficient (Wildman–Crippen LogP) is 4.01. The van der Waals surface area contributed by atoms with Gasteiger partial charge in [-0.2, -0.15) is 0 Å². The number of ether oxygens (including phenoxy) is 2. The molecule has 0 fully saturated rings. The van der Waals surface area contributed by atoms with E-state index in [9.17, 15) is 13.2 Å². The number of hydrogen-bond acceptors (Lipinski definition) is 5. The summed E-state index contributed by atoms with van der Waals surface area (Å²) >= 11 is 3.35. The summed E-state index contributed by atoms with van der Waals surface area (Å²) in [7, 11) is -3.96. The summed E-state index contributed by atoms with van der Waals surface area (Å²) in [4.78, 5) is 12.9. The van der Waals surface area contributed by atoms with Crippen LogP contribution in [0.5, 0.6) is 11.5 Å². The van der Waals surface area contributed by atoms with E-state index in [4.69, 9.17) is 9.47 Å². The maximum absolute atomic E-state index is 13.3. The number of amides is 1. The minimum absolute atomic E-state index is 0.0980. The van der Waals surface area contributed by atoms with Gasteiger partial charge in [-0.1, -0.05) is 40.2 Å². The van der Waals surface area contributed by atoms with E-state index in [1.165, 1.54) is 12.1 Å². The SMILES string of the molecule is O=C(CN(c1cccc(Br)c1)S(=O)(=O)c1ccccc1)Nc1ccc2c(c1)OCO2. The standard InChI is InChI=1S/C21H17BrN2O5S/c22-15-5-4-6-17(11-15)24(30(26,27)18-7-2-1-3-8-18)13-21(25)23-16-9-10-19-20(12-16)29-14-28-19/h1-12H,13-14H2,(H,23,25). The summed E-state index contributed by atoms with van der Waals surface area (Å²) in [6.45, 7) is -0.277. The number of halogens is 1. The summed E-state index contributed by atoms with van der Waals surface area (Å²) in [5.74, 6) is 0.623. The van der Waals surface area contributed by atoms with Gasteiger partial charge in [0.2, 0.25) is 12.7 Å². The molecule has 0 spiro atoms. The lowest BCUT2D eigenvalue weighted by atomic mass is 10.2. The molecule has 1 amide bonds. The number of hydrogen-bond donors (Lipinski definition) is 1. The molecule has 0 atom stereocenters. The zero-order chi connectivity index (χ0) is 21.1. The highest BCUT2D eigenvalue weighted by atomic mass is 79.9. The second kappa shape index (κ2) is 8.37. The van der Waals surface area contributed by atoms with Crippen LogP contribution in [-0.2, 0) is 14.8 Å². The molecule has 0 saturated carbocycles. The molecule has 1 aliphatic rings. The van der Waals surface area contributed by atoms with Gasteiger partial charge >= 0.3 is 0 Å². The average Bonchev–Trinajstić information content (AvgIpc) is 3.20. The predicted molar refractivity (Wildman–Crippen MR) is 116 cm³/mol. The second-order valence-electron chi connectivity index (χ2n) is 6.42. The lowest BCUT2D eigenvalue weighted by Gasteiger charge is -2.24. The molecular weight excluding hydrogens is 472 g/mol. The summed E-state index contributed by atoms with van der Waals surface area (Å²) in [6.07, 6.45) is 0. The minimum Gasteiger partial charge on any atom is -0.454 e. The van der Waals surface area contributed by atoms with Crippen molar-refractivity contribution >= 4 is 43.2 Å². The Kier molecular flexibility index (Phi) is 5.65. The second-order valence-corrected chi connectivity index (χ2v) is 9.20. The lowest BCUT2D eigenvalue weighted by molar-refractivity contribution is -0.114. The number of nitrogens with zero attached hydrogens (tertiary/aromatic N) is 1. The number of fused-ring (bicyclic) bond motifs is 1. The third-order valence-electron chi connectivity index (χ3n) is 4.37. The highest BCUT2D eigenvalue weighted by Gasteiger charge is 2.27. The largest absolute Gasteiger partial charge is 0.454 e. The van der Waals surface area contributed by atoms with Crippen molar-refractivity contribution in [3.63, 3.8) is 0 Å². The first kappa shape index (κ1) is 20.2. The third kappa shape index (κ3) is 4.27. The summed E-state index contributed by atoms with van der Waals surface area (Å²) < 4.78 is 38.9. The number of carbonyl (C=O) groups excluding carboxylic acids is 1. The molecule has 1 N–H and O–H groups in total. The Morgan fingerprint density at radius 2 is 1.73 bits per heavy atom. The Labute approximate surface area is 182 Å². The molecule has 3 aromatic rings. The molecule has 1 aliphatic heterocycles. The number of anilines is 2. The van der Waals surface area contributed by atoms with Crippen LogP contribution in [0.15, 0.2) is 82.2 Å². The fourth-order valence-electron chi connectivity index (χ4n) is 2.97. The van der Waals surface area contributed by atoms with Crippen molar-refractivity contribution in [3.8, 4) is 11.5 Å². The molecular formula is C21H17BrN2O5S. The van der Waals surface area contributed by atoms with E-state index in [0.29, 0.717) is 27.3 Å². The van der Waals surface area contributed by atoms with Crippen LogP contribution >= 0.6 is 15.9 Å². The molecule has 0 aliphatic carbocycles. The average molecular weight is 489 g/mol. The van der Waals surface area contributed by atoms with Crippen molar-refractivity contribution in [2.45, 2.75) is 4.90 Å². The smallest absolute Gasteiger partial charge is 0.264 e. The molecule has 0 bridgehead atoms. The van der Waals surface area contributed by atoms with Gasteiger partial charge in [-0.05, 0) is 42.5 Å². The van der Waals surface area contributed by atoms with Crippen LogP contribution in [0.25, 0.3) is 0 Å². The van der Waals surface area contributed by atoms with E-state index in [-0.39, 0.29) is 11.7 Å². The Hall–Kier alpha value is -3.04. The highest BCUT2D eigenvalue weighted by Crippen LogP contribution is 2.34. The normalized spacial score (nSPS) is 12.4. The molecule has 9 heteroatoms. The number of sulfonamides is 1. The van der Waals surface area contributed by atoms with Crippen molar-refractivity contribution in [2.75, 3.05) is 23.0 Å². The molecule has 4 rings (SSSR count). The van der Waals surface area contributed by atoms with E-state index in [2.05, 4.69) is 21.2 Å². The molecule has 0 aromatic heterocycles. The maximum Gasteiger partial charge on any atom is 0.264 e. The first-order valence-electron chi connectivity index (χ1n) is 8.96. The molecule has 0 unspecified atom stereocenters. The topological polar surface area (TPSA) is 84.9 Å². The minimum atomic E-state index is -3.96. The molecule has 0 radical (unpaired) electrons. The van der Waals surface area contributed by atoms with E-state index in [1.807, 2.05) is 0 Å². The van der Waals surface area contributed by atoms with Crippen LogP contribution in [0.1, 0.15) is 0 Å². The first-order valence-corrected chi connectivity index (χ1v) is 11.2. The van der Waals surface area contributed by atoms with Crippen LogP contribution in [0.3, 0.4) is 0 Å². The van der Waals surface area contributed by atoms with Gasteiger partial charge in [-0.15, -0.1) is 0 Å². The van der Waals surface area contributed by atoms with Gasteiger partial charge < -0.3 is 14.8 Å². The van der Waals surface area contributed by atoms with Crippen LogP contribution in [-0.4, -0.2) is 27.7 Å². The monoisotopic (exact) mass is 488 g/mol. The fraction of sp³-hybridized carbons (Fsp3) is 0.0952. The fourth-order valence-corrected chi connectivity index (χ4v) is 4.79. The van der Waals surface area contributed by atoms with Gasteiger partial charge in [0, 0.05) is 16.2 Å². The van der Waals surface area contributed by atoms with Gasteiger partial charge in [0.05, 0.1) is 10.6 Å². The van der Waals surface area contributed by atoms with Crippen LogP contribution in [0.4, 0.5) is 11.4 Å². The summed E-state index contributed by atoms with van der Waals surface area (Å²) in [6, 6.07) is 19.8. The van der Waals surface area contributed by atoms with E-state index in [1.54, 1.807) is 60.7 Å². The van der Waals surface area contributed by atoms with Gasteiger partial charge in [-0.25, -0.2) is 8.42 Å². The van der Waals surface area contributed by atoms with Crippen LogP contribution in [0, 0.1) is 0 Å². The molecule has 154 valence electrons. The van der Waals surface area contributed by atoms with Gasteiger partial charge in [0.25, 0.3) is 10.0 Å². The van der Waals surface area contributed by atoms with Crippen molar-refractivity contribution in [1.82, 2.24) is 0 Å². The highest BCUT2D eigenvalue weighted by molar-refractivity contribution is 9.10. The van der Waals surface area contributed by atoms with Crippen molar-refractivity contribution in [2.24, 2.45) is 0 Å². The van der Waals surface area contributed by atoms with Crippen LogP contribution in [0.2, 0.25) is 0 Å². The van der Waals surface area contributed by atoms with E-state index < -0.39 is 22.5 Å². The first-order chi connectivity index (χ1) is 14.4. The third-order valence-corrected chi connectivity index (χ3v) is 6.65. The Morgan fingerprint density at radius 3 is 2.50 bits per heavy atom.